The van der Waals surface area contributed by atoms with Gasteiger partial charge in [-0.3, -0.25) is 0 Å². The van der Waals surface area contributed by atoms with E-state index in [-0.39, 0.29) is 5.75 Å². The number of benzene rings is 1. The normalized spacial score (nSPS) is 10.8. The quantitative estimate of drug-likeness (QED) is 0.694. The van der Waals surface area contributed by atoms with Crippen molar-refractivity contribution in [2.75, 3.05) is 0 Å². The van der Waals surface area contributed by atoms with Gasteiger partial charge in [-0.1, -0.05) is 11.6 Å². The fourth-order valence-corrected chi connectivity index (χ4v) is 2.23. The average molecular weight is 203 g/mol. The summed E-state index contributed by atoms with van der Waals surface area (Å²) in [6, 6.07) is 2.91. The molecule has 0 unspecified atom stereocenters. The minimum absolute atomic E-state index is 0.332. The van der Waals surface area contributed by atoms with Gasteiger partial charge in [0.05, 0.1) is 9.72 Å². The highest BCUT2D eigenvalue weighted by Crippen LogP contribution is 2.34. The number of phenolic OH excluding ortho intramolecular Hbond substituents is 1. The second kappa shape index (κ2) is 2.61. The zero-order valence-corrected chi connectivity index (χ0v) is 7.42. The summed E-state index contributed by atoms with van der Waals surface area (Å²) >= 11 is 6.95. The number of hydrogen-bond acceptors (Lipinski definition) is 2. The van der Waals surface area contributed by atoms with Crippen molar-refractivity contribution in [1.29, 1.82) is 0 Å². The van der Waals surface area contributed by atoms with Gasteiger partial charge in [0.2, 0.25) is 0 Å². The molecule has 0 atom stereocenters. The van der Waals surface area contributed by atoms with Crippen molar-refractivity contribution in [2.24, 2.45) is 0 Å². The molecule has 0 fully saturated rings. The summed E-state index contributed by atoms with van der Waals surface area (Å²) < 4.78 is 13.5. The van der Waals surface area contributed by atoms with Gasteiger partial charge < -0.3 is 5.11 Å². The van der Waals surface area contributed by atoms with Crippen LogP contribution in [0.5, 0.6) is 5.75 Å². The lowest BCUT2D eigenvalue weighted by atomic mass is 10.2. The Bertz CT molecular complexity index is 438. The molecule has 0 aliphatic carbocycles. The van der Waals surface area contributed by atoms with Gasteiger partial charge >= 0.3 is 0 Å². The monoisotopic (exact) mass is 202 g/mol. The number of hydrogen-bond donors (Lipinski definition) is 1. The maximum atomic E-state index is 13.1. The Morgan fingerprint density at radius 1 is 1.42 bits per heavy atom. The maximum absolute atomic E-state index is 13.1. The minimum atomic E-state index is -0.593. The molecule has 1 N–H and O–H groups in total. The van der Waals surface area contributed by atoms with Crippen LogP contribution in [0.2, 0.25) is 5.02 Å². The largest absolute Gasteiger partial charge is 0.505 e. The lowest BCUT2D eigenvalue weighted by Crippen LogP contribution is -1.74. The van der Waals surface area contributed by atoms with Crippen LogP contribution in [0.25, 0.3) is 10.1 Å². The molecule has 12 heavy (non-hydrogen) atoms. The van der Waals surface area contributed by atoms with Crippen LogP contribution < -0.4 is 0 Å². The summed E-state index contributed by atoms with van der Waals surface area (Å²) in [5, 5.41) is 11.8. The molecule has 0 amide bonds. The molecule has 0 bridgehead atoms. The second-order valence-electron chi connectivity index (χ2n) is 2.36. The SMILES string of the molecule is Oc1ccc2c(Cl)csc2c1F. The molecule has 2 aromatic rings. The molecular formula is C8H4ClFOS. The van der Waals surface area contributed by atoms with Gasteiger partial charge in [0.15, 0.2) is 11.6 Å². The summed E-state index contributed by atoms with van der Waals surface area (Å²) in [4.78, 5) is 0. The lowest BCUT2D eigenvalue weighted by Gasteiger charge is -1.95. The van der Waals surface area contributed by atoms with Crippen LogP contribution in [0.3, 0.4) is 0 Å². The Labute approximate surface area is 77.0 Å². The second-order valence-corrected chi connectivity index (χ2v) is 3.65. The van der Waals surface area contributed by atoms with Crippen molar-refractivity contribution in [3.8, 4) is 5.75 Å². The zero-order valence-electron chi connectivity index (χ0n) is 5.84. The van der Waals surface area contributed by atoms with Crippen LogP contribution in [0.15, 0.2) is 17.5 Å². The van der Waals surface area contributed by atoms with Gasteiger partial charge in [-0.15, -0.1) is 11.3 Å². The number of phenols is 1. The standard InChI is InChI=1S/C8H4ClFOS/c9-5-3-12-8-4(5)1-2-6(11)7(8)10/h1-3,11H. The minimum Gasteiger partial charge on any atom is -0.505 e. The van der Waals surface area contributed by atoms with Crippen LogP contribution in [-0.2, 0) is 0 Å². The Balaban J connectivity index is 2.93. The third-order valence-electron chi connectivity index (χ3n) is 1.61. The summed E-state index contributed by atoms with van der Waals surface area (Å²) in [6.07, 6.45) is 0. The van der Waals surface area contributed by atoms with E-state index in [9.17, 15) is 4.39 Å². The molecule has 0 spiro atoms. The summed E-state index contributed by atoms with van der Waals surface area (Å²) in [5.41, 5.74) is 0. The van der Waals surface area contributed by atoms with E-state index in [0.717, 1.165) is 0 Å². The number of halogens is 2. The third-order valence-corrected chi connectivity index (χ3v) is 3.04. The summed E-state index contributed by atoms with van der Waals surface area (Å²) in [5.74, 6) is -0.926. The third kappa shape index (κ3) is 0.974. The van der Waals surface area contributed by atoms with Crippen molar-refractivity contribution >= 4 is 33.0 Å². The van der Waals surface area contributed by atoms with Gasteiger partial charge in [-0.05, 0) is 12.1 Å². The summed E-state index contributed by atoms with van der Waals surface area (Å²) in [6.45, 7) is 0. The van der Waals surface area contributed by atoms with Crippen LogP contribution in [0.1, 0.15) is 0 Å². The first-order chi connectivity index (χ1) is 5.70. The van der Waals surface area contributed by atoms with E-state index in [1.54, 1.807) is 11.4 Å². The first-order valence-corrected chi connectivity index (χ1v) is 4.50. The van der Waals surface area contributed by atoms with Crippen LogP contribution in [-0.4, -0.2) is 5.11 Å². The Hall–Kier alpha value is -0.800. The molecule has 62 valence electrons. The highest BCUT2D eigenvalue weighted by atomic mass is 35.5. The molecule has 0 radical (unpaired) electrons. The molecule has 1 aromatic carbocycles. The number of rotatable bonds is 0. The predicted molar refractivity (Wildman–Crippen MR) is 48.5 cm³/mol. The summed E-state index contributed by atoms with van der Waals surface area (Å²) in [7, 11) is 0. The van der Waals surface area contributed by atoms with Crippen molar-refractivity contribution in [1.82, 2.24) is 0 Å². The van der Waals surface area contributed by atoms with Crippen LogP contribution >= 0.6 is 22.9 Å². The molecular weight excluding hydrogens is 199 g/mol. The average Bonchev–Trinajstić information content (AvgIpc) is 2.41. The van der Waals surface area contributed by atoms with E-state index >= 15 is 0 Å². The Kier molecular flexibility index (Phi) is 1.70. The van der Waals surface area contributed by atoms with Crippen molar-refractivity contribution in [2.45, 2.75) is 0 Å². The van der Waals surface area contributed by atoms with Gasteiger partial charge in [-0.25, -0.2) is 4.39 Å². The van der Waals surface area contributed by atoms with E-state index in [2.05, 4.69) is 0 Å². The maximum Gasteiger partial charge on any atom is 0.182 e. The van der Waals surface area contributed by atoms with E-state index in [1.807, 2.05) is 0 Å². The van der Waals surface area contributed by atoms with Crippen molar-refractivity contribution in [3.63, 3.8) is 0 Å². The number of thiophene rings is 1. The molecule has 4 heteroatoms. The van der Waals surface area contributed by atoms with Crippen molar-refractivity contribution in [3.05, 3.63) is 28.4 Å². The molecule has 1 aromatic heterocycles. The van der Waals surface area contributed by atoms with Crippen LogP contribution in [0.4, 0.5) is 4.39 Å². The smallest absolute Gasteiger partial charge is 0.182 e. The van der Waals surface area contributed by atoms with E-state index < -0.39 is 5.82 Å². The highest BCUT2D eigenvalue weighted by Gasteiger charge is 2.09. The molecule has 0 saturated carbocycles. The number of aromatic hydroxyl groups is 1. The van der Waals surface area contributed by atoms with Gasteiger partial charge in [0.1, 0.15) is 0 Å². The van der Waals surface area contributed by atoms with E-state index in [0.29, 0.717) is 15.1 Å². The zero-order chi connectivity index (χ0) is 8.72. The van der Waals surface area contributed by atoms with Gasteiger partial charge in [0, 0.05) is 10.8 Å². The van der Waals surface area contributed by atoms with Gasteiger partial charge in [-0.2, -0.15) is 0 Å². The lowest BCUT2D eigenvalue weighted by molar-refractivity contribution is 0.436. The van der Waals surface area contributed by atoms with Crippen molar-refractivity contribution < 1.29 is 9.50 Å². The Morgan fingerprint density at radius 2 is 2.17 bits per heavy atom. The van der Waals surface area contributed by atoms with Crippen LogP contribution in [0, 0.1) is 5.82 Å². The predicted octanol–water partition coefficient (Wildman–Crippen LogP) is 3.40. The highest BCUT2D eigenvalue weighted by molar-refractivity contribution is 7.17. The van der Waals surface area contributed by atoms with E-state index in [4.69, 9.17) is 16.7 Å². The molecule has 2 rings (SSSR count). The molecule has 0 saturated heterocycles. The first-order valence-electron chi connectivity index (χ1n) is 3.24. The molecule has 1 nitrogen and oxygen atoms in total. The molecule has 0 aliphatic heterocycles. The fraction of sp³-hybridized carbons (Fsp3) is 0. The molecule has 1 heterocycles. The molecule has 0 aliphatic rings. The fourth-order valence-electron chi connectivity index (χ4n) is 1.02. The van der Waals surface area contributed by atoms with Gasteiger partial charge in [0.25, 0.3) is 0 Å². The van der Waals surface area contributed by atoms with E-state index in [1.165, 1.54) is 17.4 Å². The first kappa shape index (κ1) is 7.83. The topological polar surface area (TPSA) is 20.2 Å². The number of fused-ring (bicyclic) bond motifs is 1. The Morgan fingerprint density at radius 3 is 2.92 bits per heavy atom.